The molecule has 0 N–H and O–H groups in total. The Labute approximate surface area is 105 Å². The van der Waals surface area contributed by atoms with Gasteiger partial charge in [0.1, 0.15) is 0 Å². The summed E-state index contributed by atoms with van der Waals surface area (Å²) in [4.78, 5) is 5.01. The average molecular weight is 232 g/mol. The van der Waals surface area contributed by atoms with Crippen molar-refractivity contribution in [2.75, 3.05) is 29.9 Å². The lowest BCUT2D eigenvalue weighted by molar-refractivity contribution is 0.450. The lowest BCUT2D eigenvalue weighted by Crippen LogP contribution is -2.50. The zero-order valence-electron chi connectivity index (χ0n) is 11.3. The quantitative estimate of drug-likeness (QED) is 0.675. The number of hydrogen-bond donors (Lipinski definition) is 0. The summed E-state index contributed by atoms with van der Waals surface area (Å²) < 4.78 is 0. The van der Waals surface area contributed by atoms with Crippen molar-refractivity contribution >= 4 is 11.4 Å². The van der Waals surface area contributed by atoms with Crippen molar-refractivity contribution < 1.29 is 0 Å². The summed E-state index contributed by atoms with van der Waals surface area (Å²) in [6.45, 7) is 6.44. The number of anilines is 2. The average Bonchev–Trinajstić information content (AvgIpc) is 2.42. The second kappa shape index (κ2) is 5.44. The van der Waals surface area contributed by atoms with Gasteiger partial charge < -0.3 is 9.80 Å². The third kappa shape index (κ3) is 2.26. The molecule has 1 atom stereocenters. The molecule has 2 aliphatic heterocycles. The molecule has 2 heterocycles. The van der Waals surface area contributed by atoms with Crippen LogP contribution in [0.15, 0.2) is 24.3 Å². The molecule has 2 aliphatic rings. The monoisotopic (exact) mass is 232 g/mol. The predicted molar refractivity (Wildman–Crippen MR) is 76.0 cm³/mol. The minimum absolute atomic E-state index is 0.749. The summed E-state index contributed by atoms with van der Waals surface area (Å²) in [5.41, 5.74) is 2.84. The molecule has 94 valence electrons. The Morgan fingerprint density at radius 2 is 1.76 bits per heavy atom. The van der Waals surface area contributed by atoms with Crippen LogP contribution < -0.4 is 9.80 Å². The minimum Gasteiger partial charge on any atom is -0.371 e. The zero-order chi connectivity index (χ0) is 12.3. The van der Waals surface area contributed by atoms with Gasteiger partial charge >= 0.3 is 0 Å². The van der Waals surface area contributed by atoms with Gasteiger partial charge in [-0.05, 0) is 31.4 Å². The van der Waals surface area contributed by atoms with Crippen molar-refractivity contribution in [2.24, 2.45) is 0 Å². The van der Waals surface area contributed by atoms with Crippen LogP contribution in [0.5, 0.6) is 0 Å². The molecule has 0 radical (unpaired) electrons. The molecule has 1 fully saturated rings. The largest absolute Gasteiger partial charge is 0.371 e. The molecule has 2 heteroatoms. The number of rotatable bonds is 0. The second-order valence-corrected chi connectivity index (χ2v) is 4.71. The van der Waals surface area contributed by atoms with E-state index in [1.807, 2.05) is 13.8 Å². The molecule has 0 bridgehead atoms. The zero-order valence-corrected chi connectivity index (χ0v) is 11.3. The van der Waals surface area contributed by atoms with Gasteiger partial charge in [0.25, 0.3) is 0 Å². The van der Waals surface area contributed by atoms with Gasteiger partial charge in [0.05, 0.1) is 11.4 Å². The van der Waals surface area contributed by atoms with Crippen molar-refractivity contribution in [3.05, 3.63) is 24.3 Å². The highest BCUT2D eigenvalue weighted by molar-refractivity contribution is 5.73. The number of piperidine rings is 1. The first-order valence-corrected chi connectivity index (χ1v) is 6.93. The van der Waals surface area contributed by atoms with Gasteiger partial charge in [-0.15, -0.1) is 0 Å². The van der Waals surface area contributed by atoms with E-state index in [1.54, 1.807) is 0 Å². The number of para-hydroxylation sites is 2. The first-order chi connectivity index (χ1) is 8.36. The van der Waals surface area contributed by atoms with Crippen LogP contribution in [-0.4, -0.2) is 26.2 Å². The molecule has 1 aromatic rings. The third-order valence-electron chi connectivity index (χ3n) is 3.71. The second-order valence-electron chi connectivity index (χ2n) is 4.71. The molecular formula is C15H24N2. The third-order valence-corrected chi connectivity index (χ3v) is 3.71. The Kier molecular flexibility index (Phi) is 3.93. The van der Waals surface area contributed by atoms with Crippen molar-refractivity contribution in [3.8, 4) is 0 Å². The van der Waals surface area contributed by atoms with E-state index in [4.69, 9.17) is 0 Å². The van der Waals surface area contributed by atoms with Crippen LogP contribution in [0, 0.1) is 0 Å². The molecule has 0 amide bonds. The summed E-state index contributed by atoms with van der Waals surface area (Å²) >= 11 is 0. The highest BCUT2D eigenvalue weighted by Gasteiger charge is 2.30. The summed E-state index contributed by atoms with van der Waals surface area (Å²) in [5, 5.41) is 0. The molecule has 17 heavy (non-hydrogen) atoms. The molecule has 1 saturated heterocycles. The Balaban J connectivity index is 0.000000514. The number of hydrogen-bond acceptors (Lipinski definition) is 2. The number of fused-ring (bicyclic) bond motifs is 3. The summed E-state index contributed by atoms with van der Waals surface area (Å²) in [6, 6.07) is 9.55. The van der Waals surface area contributed by atoms with Crippen LogP contribution in [0.3, 0.4) is 0 Å². The van der Waals surface area contributed by atoms with Crippen LogP contribution in [0.2, 0.25) is 0 Å². The number of benzene rings is 1. The first kappa shape index (κ1) is 12.3. The van der Waals surface area contributed by atoms with Crippen LogP contribution in [0.4, 0.5) is 11.4 Å². The summed E-state index contributed by atoms with van der Waals surface area (Å²) in [5.74, 6) is 0. The normalized spacial score (nSPS) is 22.2. The summed E-state index contributed by atoms with van der Waals surface area (Å²) in [6.07, 6.45) is 4.12. The van der Waals surface area contributed by atoms with Crippen LogP contribution in [0.1, 0.15) is 33.1 Å². The van der Waals surface area contributed by atoms with E-state index in [0.717, 1.165) is 6.04 Å². The minimum atomic E-state index is 0.749. The maximum absolute atomic E-state index is 2.61. The fourth-order valence-corrected chi connectivity index (χ4v) is 2.95. The fraction of sp³-hybridized carbons (Fsp3) is 0.600. The van der Waals surface area contributed by atoms with Gasteiger partial charge in [-0.1, -0.05) is 26.0 Å². The maximum Gasteiger partial charge on any atom is 0.0607 e. The van der Waals surface area contributed by atoms with Crippen molar-refractivity contribution in [1.29, 1.82) is 0 Å². The smallest absolute Gasteiger partial charge is 0.0607 e. The van der Waals surface area contributed by atoms with E-state index >= 15 is 0 Å². The topological polar surface area (TPSA) is 6.48 Å². The Hall–Kier alpha value is -1.18. The number of likely N-dealkylation sites (N-methyl/N-ethyl adjacent to an activating group) is 1. The van der Waals surface area contributed by atoms with Gasteiger partial charge in [-0.2, -0.15) is 0 Å². The van der Waals surface area contributed by atoms with Crippen molar-refractivity contribution in [1.82, 2.24) is 0 Å². The Morgan fingerprint density at radius 3 is 2.53 bits per heavy atom. The lowest BCUT2D eigenvalue weighted by atomic mass is 9.97. The fourth-order valence-electron chi connectivity index (χ4n) is 2.95. The van der Waals surface area contributed by atoms with Gasteiger partial charge in [0.2, 0.25) is 0 Å². The molecule has 2 nitrogen and oxygen atoms in total. The van der Waals surface area contributed by atoms with Crippen molar-refractivity contribution in [3.63, 3.8) is 0 Å². The molecule has 1 aromatic carbocycles. The predicted octanol–water partition coefficient (Wildman–Crippen LogP) is 3.52. The van der Waals surface area contributed by atoms with E-state index in [-0.39, 0.29) is 0 Å². The Morgan fingerprint density at radius 1 is 1.06 bits per heavy atom. The molecule has 1 unspecified atom stereocenters. The molecule has 0 spiro atoms. The maximum atomic E-state index is 2.61. The SMILES string of the molecule is CC.CN1CC2CCCCN2c2ccccc21. The highest BCUT2D eigenvalue weighted by Crippen LogP contribution is 2.37. The van der Waals surface area contributed by atoms with Crippen molar-refractivity contribution in [2.45, 2.75) is 39.2 Å². The molecule has 0 aliphatic carbocycles. The number of nitrogens with zero attached hydrogens (tertiary/aromatic N) is 2. The Bertz CT molecular complexity index is 362. The van der Waals surface area contributed by atoms with E-state index in [1.165, 1.54) is 43.7 Å². The van der Waals surface area contributed by atoms with Gasteiger partial charge in [-0.3, -0.25) is 0 Å². The molecule has 0 aromatic heterocycles. The highest BCUT2D eigenvalue weighted by atomic mass is 15.3. The van der Waals surface area contributed by atoms with Crippen LogP contribution >= 0.6 is 0 Å². The van der Waals surface area contributed by atoms with E-state index in [2.05, 4.69) is 41.1 Å². The standard InChI is InChI=1S/C13H18N2.C2H6/c1-14-10-11-6-4-5-9-15(11)13-8-3-2-7-12(13)14;1-2/h2-3,7-8,11H,4-6,9-10H2,1H3;1-2H3. The van der Waals surface area contributed by atoms with Gasteiger partial charge in [-0.25, -0.2) is 0 Å². The van der Waals surface area contributed by atoms with Crippen LogP contribution in [-0.2, 0) is 0 Å². The molecule has 3 rings (SSSR count). The van der Waals surface area contributed by atoms with Crippen LogP contribution in [0.25, 0.3) is 0 Å². The van der Waals surface area contributed by atoms with Gasteiger partial charge in [0, 0.05) is 26.2 Å². The molecular weight excluding hydrogens is 208 g/mol. The first-order valence-electron chi connectivity index (χ1n) is 6.93. The lowest BCUT2D eigenvalue weighted by Gasteiger charge is -2.45. The molecule has 0 saturated carbocycles. The summed E-state index contributed by atoms with van der Waals surface area (Å²) in [7, 11) is 2.21. The van der Waals surface area contributed by atoms with E-state index < -0.39 is 0 Å². The van der Waals surface area contributed by atoms with Gasteiger partial charge in [0.15, 0.2) is 0 Å². The van der Waals surface area contributed by atoms with E-state index in [9.17, 15) is 0 Å². The van der Waals surface area contributed by atoms with E-state index in [0.29, 0.717) is 0 Å².